The maximum absolute atomic E-state index is 11.9. The standard InChI is InChI=1S/C14H18N2O2/c1-5-18-13-10-8(2)6-7-9(3)11(10)16-12(13)14(17)15-4/h6-7,16H,5H2,1-4H3,(H,15,17). The zero-order chi connectivity index (χ0) is 13.3. The number of aryl methyl sites for hydroxylation is 2. The van der Waals surface area contributed by atoms with E-state index in [1.807, 2.05) is 32.9 Å². The summed E-state index contributed by atoms with van der Waals surface area (Å²) in [6.45, 7) is 6.48. The van der Waals surface area contributed by atoms with Crippen LogP contribution in [0.2, 0.25) is 0 Å². The predicted octanol–water partition coefficient (Wildman–Crippen LogP) is 2.54. The number of amides is 1. The molecule has 18 heavy (non-hydrogen) atoms. The number of ether oxygens (including phenoxy) is 1. The first-order valence-electron chi connectivity index (χ1n) is 6.06. The van der Waals surface area contributed by atoms with Crippen LogP contribution < -0.4 is 10.1 Å². The van der Waals surface area contributed by atoms with Crippen LogP contribution in [0.5, 0.6) is 5.75 Å². The van der Waals surface area contributed by atoms with Crippen molar-refractivity contribution in [1.82, 2.24) is 10.3 Å². The minimum atomic E-state index is -0.159. The molecule has 0 unspecified atom stereocenters. The van der Waals surface area contributed by atoms with E-state index in [2.05, 4.69) is 10.3 Å². The normalized spacial score (nSPS) is 10.7. The van der Waals surface area contributed by atoms with Crippen molar-refractivity contribution >= 4 is 16.8 Å². The van der Waals surface area contributed by atoms with E-state index in [1.54, 1.807) is 7.05 Å². The highest BCUT2D eigenvalue weighted by atomic mass is 16.5. The molecule has 1 aromatic carbocycles. The first-order valence-corrected chi connectivity index (χ1v) is 6.06. The summed E-state index contributed by atoms with van der Waals surface area (Å²) in [5.74, 6) is 0.488. The van der Waals surface area contributed by atoms with Crippen LogP contribution >= 0.6 is 0 Å². The minimum Gasteiger partial charge on any atom is -0.491 e. The second kappa shape index (κ2) is 4.72. The highest BCUT2D eigenvalue weighted by Gasteiger charge is 2.20. The van der Waals surface area contributed by atoms with Crippen LogP contribution in [0, 0.1) is 13.8 Å². The van der Waals surface area contributed by atoms with E-state index in [0.717, 1.165) is 22.0 Å². The van der Waals surface area contributed by atoms with E-state index in [0.29, 0.717) is 18.1 Å². The third-order valence-electron chi connectivity index (χ3n) is 3.07. The van der Waals surface area contributed by atoms with Gasteiger partial charge in [0, 0.05) is 12.4 Å². The molecule has 0 aliphatic carbocycles. The van der Waals surface area contributed by atoms with Crippen LogP contribution in [0.4, 0.5) is 0 Å². The second-order valence-corrected chi connectivity index (χ2v) is 4.29. The van der Waals surface area contributed by atoms with Gasteiger partial charge in [0.1, 0.15) is 5.69 Å². The lowest BCUT2D eigenvalue weighted by Crippen LogP contribution is -2.19. The Hall–Kier alpha value is -1.97. The molecule has 0 saturated heterocycles. The van der Waals surface area contributed by atoms with Gasteiger partial charge < -0.3 is 15.0 Å². The zero-order valence-electron chi connectivity index (χ0n) is 11.2. The number of nitrogens with one attached hydrogen (secondary N) is 2. The minimum absolute atomic E-state index is 0.159. The molecule has 96 valence electrons. The zero-order valence-corrected chi connectivity index (χ0v) is 11.2. The first-order chi connectivity index (χ1) is 8.60. The summed E-state index contributed by atoms with van der Waals surface area (Å²) in [6.07, 6.45) is 0. The quantitative estimate of drug-likeness (QED) is 0.874. The van der Waals surface area contributed by atoms with Crippen molar-refractivity contribution in [2.24, 2.45) is 0 Å². The molecule has 1 heterocycles. The van der Waals surface area contributed by atoms with Gasteiger partial charge in [0.05, 0.1) is 12.1 Å². The van der Waals surface area contributed by atoms with E-state index in [-0.39, 0.29) is 5.91 Å². The van der Waals surface area contributed by atoms with E-state index in [9.17, 15) is 4.79 Å². The molecule has 0 saturated carbocycles. The predicted molar refractivity (Wildman–Crippen MR) is 72.3 cm³/mol. The van der Waals surface area contributed by atoms with Crippen LogP contribution in [0.1, 0.15) is 28.5 Å². The topological polar surface area (TPSA) is 54.1 Å². The van der Waals surface area contributed by atoms with Gasteiger partial charge in [0.25, 0.3) is 5.91 Å². The van der Waals surface area contributed by atoms with Gasteiger partial charge in [-0.15, -0.1) is 0 Å². The lowest BCUT2D eigenvalue weighted by molar-refractivity contribution is 0.0955. The number of benzene rings is 1. The lowest BCUT2D eigenvalue weighted by Gasteiger charge is -2.06. The molecule has 2 rings (SSSR count). The largest absolute Gasteiger partial charge is 0.491 e. The third kappa shape index (κ3) is 1.83. The number of hydrogen-bond acceptors (Lipinski definition) is 2. The monoisotopic (exact) mass is 246 g/mol. The fourth-order valence-corrected chi connectivity index (χ4v) is 2.15. The van der Waals surface area contributed by atoms with E-state index >= 15 is 0 Å². The second-order valence-electron chi connectivity index (χ2n) is 4.29. The van der Waals surface area contributed by atoms with Crippen LogP contribution in [-0.2, 0) is 0 Å². The Morgan fingerprint density at radius 1 is 1.33 bits per heavy atom. The number of carbonyl (C=O) groups is 1. The number of hydrogen-bond donors (Lipinski definition) is 2. The molecule has 0 fully saturated rings. The molecular weight excluding hydrogens is 228 g/mol. The summed E-state index contributed by atoms with van der Waals surface area (Å²) in [6, 6.07) is 4.08. The average Bonchev–Trinajstić information content (AvgIpc) is 2.74. The van der Waals surface area contributed by atoms with Gasteiger partial charge in [-0.25, -0.2) is 0 Å². The van der Waals surface area contributed by atoms with E-state index < -0.39 is 0 Å². The molecule has 1 aromatic heterocycles. The number of fused-ring (bicyclic) bond motifs is 1. The number of rotatable bonds is 3. The van der Waals surface area contributed by atoms with Crippen LogP contribution in [0.25, 0.3) is 10.9 Å². The Morgan fingerprint density at radius 2 is 2.00 bits per heavy atom. The molecule has 0 atom stereocenters. The molecule has 0 aliphatic rings. The number of aromatic nitrogens is 1. The SMILES string of the molecule is CCOc1c(C(=O)NC)[nH]c2c(C)ccc(C)c12. The number of H-pyrrole nitrogens is 1. The lowest BCUT2D eigenvalue weighted by atomic mass is 10.1. The molecule has 2 aromatic rings. The van der Waals surface area contributed by atoms with Gasteiger partial charge in [-0.2, -0.15) is 0 Å². The van der Waals surface area contributed by atoms with Crippen LogP contribution in [-0.4, -0.2) is 24.5 Å². The first kappa shape index (κ1) is 12.5. The van der Waals surface area contributed by atoms with Crippen molar-refractivity contribution in [1.29, 1.82) is 0 Å². The van der Waals surface area contributed by atoms with Gasteiger partial charge >= 0.3 is 0 Å². The number of aromatic amines is 1. The molecule has 4 nitrogen and oxygen atoms in total. The molecule has 0 bridgehead atoms. The molecular formula is C14H18N2O2. The average molecular weight is 246 g/mol. The molecule has 2 N–H and O–H groups in total. The number of carbonyl (C=O) groups excluding carboxylic acids is 1. The third-order valence-corrected chi connectivity index (χ3v) is 3.07. The van der Waals surface area contributed by atoms with Crippen molar-refractivity contribution in [2.45, 2.75) is 20.8 Å². The van der Waals surface area contributed by atoms with Crippen LogP contribution in [0.3, 0.4) is 0 Å². The summed E-state index contributed by atoms with van der Waals surface area (Å²) in [5, 5.41) is 3.63. The molecule has 0 spiro atoms. The molecule has 1 amide bonds. The van der Waals surface area contributed by atoms with Crippen molar-refractivity contribution < 1.29 is 9.53 Å². The van der Waals surface area contributed by atoms with Gasteiger partial charge in [-0.3, -0.25) is 4.79 Å². The Kier molecular flexibility index (Phi) is 3.28. The van der Waals surface area contributed by atoms with Gasteiger partial charge in [-0.05, 0) is 31.9 Å². The summed E-state index contributed by atoms with van der Waals surface area (Å²) in [4.78, 5) is 15.1. The summed E-state index contributed by atoms with van der Waals surface area (Å²) >= 11 is 0. The fourth-order valence-electron chi connectivity index (χ4n) is 2.15. The van der Waals surface area contributed by atoms with E-state index in [1.165, 1.54) is 0 Å². The maximum Gasteiger partial charge on any atom is 0.271 e. The highest BCUT2D eigenvalue weighted by molar-refractivity contribution is 6.05. The Labute approximate surface area is 106 Å². The van der Waals surface area contributed by atoms with Crippen molar-refractivity contribution in [2.75, 3.05) is 13.7 Å². The molecule has 0 aliphatic heterocycles. The summed E-state index contributed by atoms with van der Waals surface area (Å²) in [5.41, 5.74) is 3.67. The van der Waals surface area contributed by atoms with Gasteiger partial charge in [0.15, 0.2) is 5.75 Å². The smallest absolute Gasteiger partial charge is 0.271 e. The van der Waals surface area contributed by atoms with Crippen molar-refractivity contribution in [3.05, 3.63) is 29.0 Å². The highest BCUT2D eigenvalue weighted by Crippen LogP contribution is 2.34. The van der Waals surface area contributed by atoms with E-state index in [4.69, 9.17) is 4.74 Å². The van der Waals surface area contributed by atoms with Crippen molar-refractivity contribution in [3.8, 4) is 5.75 Å². The van der Waals surface area contributed by atoms with Crippen LogP contribution in [0.15, 0.2) is 12.1 Å². The fraction of sp³-hybridized carbons (Fsp3) is 0.357. The maximum atomic E-state index is 11.9. The Bertz CT molecular complexity index is 599. The molecule has 4 heteroatoms. The van der Waals surface area contributed by atoms with Gasteiger partial charge in [0.2, 0.25) is 0 Å². The summed E-state index contributed by atoms with van der Waals surface area (Å²) < 4.78 is 5.66. The molecule has 0 radical (unpaired) electrons. The van der Waals surface area contributed by atoms with Gasteiger partial charge in [-0.1, -0.05) is 12.1 Å². The Morgan fingerprint density at radius 3 is 2.61 bits per heavy atom. The Balaban J connectivity index is 2.79. The summed E-state index contributed by atoms with van der Waals surface area (Å²) in [7, 11) is 1.61. The van der Waals surface area contributed by atoms with Crippen molar-refractivity contribution in [3.63, 3.8) is 0 Å².